The van der Waals surface area contributed by atoms with Gasteiger partial charge in [0.05, 0.1) is 13.2 Å². The van der Waals surface area contributed by atoms with Crippen molar-refractivity contribution in [2.24, 2.45) is 10.7 Å². The molecule has 3 N–H and O–H groups in total. The molecule has 1 heterocycles. The Morgan fingerprint density at radius 2 is 2.35 bits per heavy atom. The maximum Gasteiger partial charge on any atom is 0.188 e. The fourth-order valence-corrected chi connectivity index (χ4v) is 2.13. The maximum absolute atomic E-state index is 5.73. The van der Waals surface area contributed by atoms with E-state index in [0.29, 0.717) is 25.2 Å². The third-order valence-electron chi connectivity index (χ3n) is 3.22. The normalized spacial score (nSPS) is 22.7. The molecule has 5 nitrogen and oxygen atoms in total. The predicted octanol–water partition coefficient (Wildman–Crippen LogP) is 0.412. The standard InChI is InChI=1S/C12H26N4O/c1-11-5-3-4-8-16(11)9-6-14-12(13)15-7-10-17-2/h11H,3-10H2,1-2H3,(H3,13,14,15). The molecule has 1 unspecified atom stereocenters. The number of ether oxygens (including phenoxy) is 1. The van der Waals surface area contributed by atoms with Crippen LogP contribution in [0.2, 0.25) is 0 Å². The van der Waals surface area contributed by atoms with Gasteiger partial charge in [-0.25, -0.2) is 0 Å². The average molecular weight is 242 g/mol. The molecule has 17 heavy (non-hydrogen) atoms. The van der Waals surface area contributed by atoms with Gasteiger partial charge in [0.2, 0.25) is 0 Å². The number of likely N-dealkylation sites (tertiary alicyclic amines) is 1. The van der Waals surface area contributed by atoms with Gasteiger partial charge in [-0.05, 0) is 26.3 Å². The molecular formula is C12H26N4O. The molecule has 100 valence electrons. The smallest absolute Gasteiger partial charge is 0.188 e. The summed E-state index contributed by atoms with van der Waals surface area (Å²) in [5, 5.41) is 3.02. The molecule has 1 aliphatic rings. The SMILES string of the molecule is COCCNC(N)=NCCN1CCCCC1C. The first kappa shape index (κ1) is 14.3. The van der Waals surface area contributed by atoms with Crippen molar-refractivity contribution in [1.82, 2.24) is 10.2 Å². The molecular weight excluding hydrogens is 216 g/mol. The second kappa shape index (κ2) is 8.31. The summed E-state index contributed by atoms with van der Waals surface area (Å²) in [5.41, 5.74) is 5.73. The first-order valence-corrected chi connectivity index (χ1v) is 6.51. The van der Waals surface area contributed by atoms with Gasteiger partial charge in [-0.15, -0.1) is 0 Å². The van der Waals surface area contributed by atoms with Gasteiger partial charge in [0, 0.05) is 26.2 Å². The van der Waals surface area contributed by atoms with Gasteiger partial charge in [0.25, 0.3) is 0 Å². The molecule has 0 spiro atoms. The zero-order valence-corrected chi connectivity index (χ0v) is 11.1. The van der Waals surface area contributed by atoms with Crippen molar-refractivity contribution in [2.45, 2.75) is 32.2 Å². The third-order valence-corrected chi connectivity index (χ3v) is 3.22. The zero-order valence-electron chi connectivity index (χ0n) is 11.1. The van der Waals surface area contributed by atoms with E-state index in [0.717, 1.165) is 13.1 Å². The van der Waals surface area contributed by atoms with Crippen LogP contribution in [0.25, 0.3) is 0 Å². The Balaban J connectivity index is 2.14. The highest BCUT2D eigenvalue weighted by Gasteiger charge is 2.16. The fourth-order valence-electron chi connectivity index (χ4n) is 2.13. The summed E-state index contributed by atoms with van der Waals surface area (Å²) < 4.78 is 4.92. The number of nitrogens with two attached hydrogens (primary N) is 1. The lowest BCUT2D eigenvalue weighted by molar-refractivity contribution is 0.166. The van der Waals surface area contributed by atoms with E-state index >= 15 is 0 Å². The fraction of sp³-hybridized carbons (Fsp3) is 0.917. The van der Waals surface area contributed by atoms with E-state index < -0.39 is 0 Å². The zero-order chi connectivity index (χ0) is 12.5. The second-order valence-electron chi connectivity index (χ2n) is 4.57. The summed E-state index contributed by atoms with van der Waals surface area (Å²) in [4.78, 5) is 6.81. The first-order chi connectivity index (χ1) is 8.24. The van der Waals surface area contributed by atoms with E-state index in [1.807, 2.05) is 0 Å². The van der Waals surface area contributed by atoms with Crippen LogP contribution >= 0.6 is 0 Å². The van der Waals surface area contributed by atoms with Crippen LogP contribution in [0.3, 0.4) is 0 Å². The Morgan fingerprint density at radius 1 is 1.53 bits per heavy atom. The molecule has 5 heteroatoms. The number of aliphatic imine (C=N–C) groups is 1. The van der Waals surface area contributed by atoms with Crippen molar-refractivity contribution < 1.29 is 4.74 Å². The van der Waals surface area contributed by atoms with Crippen LogP contribution in [0.15, 0.2) is 4.99 Å². The van der Waals surface area contributed by atoms with Crippen molar-refractivity contribution >= 4 is 5.96 Å². The van der Waals surface area contributed by atoms with Gasteiger partial charge in [-0.2, -0.15) is 0 Å². The third kappa shape index (κ3) is 5.89. The lowest BCUT2D eigenvalue weighted by Gasteiger charge is -2.32. The number of guanidine groups is 1. The van der Waals surface area contributed by atoms with Gasteiger partial charge in [-0.3, -0.25) is 9.89 Å². The highest BCUT2D eigenvalue weighted by Crippen LogP contribution is 2.15. The number of nitrogens with zero attached hydrogens (tertiary/aromatic N) is 2. The molecule has 1 aliphatic heterocycles. The van der Waals surface area contributed by atoms with Gasteiger partial charge in [-0.1, -0.05) is 6.42 Å². The van der Waals surface area contributed by atoms with E-state index in [2.05, 4.69) is 22.1 Å². The Kier molecular flexibility index (Phi) is 6.96. The van der Waals surface area contributed by atoms with Crippen molar-refractivity contribution in [1.29, 1.82) is 0 Å². The van der Waals surface area contributed by atoms with E-state index in [-0.39, 0.29) is 0 Å². The summed E-state index contributed by atoms with van der Waals surface area (Å²) in [5.74, 6) is 0.520. The summed E-state index contributed by atoms with van der Waals surface area (Å²) in [7, 11) is 1.67. The first-order valence-electron chi connectivity index (χ1n) is 6.51. The molecule has 0 aliphatic carbocycles. The molecule has 1 fully saturated rings. The number of methoxy groups -OCH3 is 1. The summed E-state index contributed by atoms with van der Waals surface area (Å²) in [6.45, 7) is 6.64. The van der Waals surface area contributed by atoms with Gasteiger partial charge in [0.15, 0.2) is 5.96 Å². The summed E-state index contributed by atoms with van der Waals surface area (Å²) in [6, 6.07) is 0.696. The van der Waals surface area contributed by atoms with Crippen molar-refractivity contribution in [2.75, 3.05) is 39.9 Å². The molecule has 1 saturated heterocycles. The van der Waals surface area contributed by atoms with Gasteiger partial charge < -0.3 is 15.8 Å². The van der Waals surface area contributed by atoms with E-state index in [4.69, 9.17) is 10.5 Å². The Labute approximate surface area is 104 Å². The maximum atomic E-state index is 5.73. The summed E-state index contributed by atoms with van der Waals surface area (Å²) >= 11 is 0. The van der Waals surface area contributed by atoms with Gasteiger partial charge in [0.1, 0.15) is 0 Å². The lowest BCUT2D eigenvalue weighted by atomic mass is 10.0. The van der Waals surface area contributed by atoms with Crippen molar-refractivity contribution in [3.05, 3.63) is 0 Å². The molecule has 0 aromatic rings. The number of rotatable bonds is 6. The minimum atomic E-state index is 0.520. The van der Waals surface area contributed by atoms with Crippen LogP contribution in [0.1, 0.15) is 26.2 Å². The van der Waals surface area contributed by atoms with Crippen LogP contribution in [0, 0.1) is 0 Å². The highest BCUT2D eigenvalue weighted by molar-refractivity contribution is 5.77. The lowest BCUT2D eigenvalue weighted by Crippen LogP contribution is -2.40. The van der Waals surface area contributed by atoms with Crippen molar-refractivity contribution in [3.8, 4) is 0 Å². The summed E-state index contributed by atoms with van der Waals surface area (Å²) in [6.07, 6.45) is 3.99. The number of hydrogen-bond donors (Lipinski definition) is 2. The Bertz CT molecular complexity index is 233. The van der Waals surface area contributed by atoms with E-state index in [1.54, 1.807) is 7.11 Å². The van der Waals surface area contributed by atoms with Crippen LogP contribution < -0.4 is 11.1 Å². The molecule has 0 aromatic carbocycles. The number of nitrogens with one attached hydrogen (secondary N) is 1. The molecule has 0 amide bonds. The molecule has 1 rings (SSSR count). The molecule has 0 aromatic heterocycles. The molecule has 0 bridgehead atoms. The Morgan fingerprint density at radius 3 is 3.06 bits per heavy atom. The number of piperidine rings is 1. The largest absolute Gasteiger partial charge is 0.383 e. The van der Waals surface area contributed by atoms with E-state index in [1.165, 1.54) is 25.8 Å². The topological polar surface area (TPSA) is 62.9 Å². The minimum Gasteiger partial charge on any atom is -0.383 e. The molecule has 0 radical (unpaired) electrons. The minimum absolute atomic E-state index is 0.520. The van der Waals surface area contributed by atoms with Crippen LogP contribution in [0.5, 0.6) is 0 Å². The number of hydrogen-bond acceptors (Lipinski definition) is 3. The van der Waals surface area contributed by atoms with E-state index in [9.17, 15) is 0 Å². The van der Waals surface area contributed by atoms with Crippen LogP contribution in [-0.4, -0.2) is 56.8 Å². The average Bonchev–Trinajstić information content (AvgIpc) is 2.32. The molecule has 0 saturated carbocycles. The predicted molar refractivity (Wildman–Crippen MR) is 71.3 cm³/mol. The monoisotopic (exact) mass is 242 g/mol. The van der Waals surface area contributed by atoms with Crippen LogP contribution in [0.4, 0.5) is 0 Å². The van der Waals surface area contributed by atoms with Crippen molar-refractivity contribution in [3.63, 3.8) is 0 Å². The second-order valence-corrected chi connectivity index (χ2v) is 4.57. The molecule has 1 atom stereocenters. The Hall–Kier alpha value is -0.810. The van der Waals surface area contributed by atoms with Crippen LogP contribution in [-0.2, 0) is 4.74 Å². The van der Waals surface area contributed by atoms with Gasteiger partial charge >= 0.3 is 0 Å². The quantitative estimate of drug-likeness (QED) is 0.402. The highest BCUT2D eigenvalue weighted by atomic mass is 16.5.